The number of nitrogen functional groups attached to an aromatic ring is 1. The van der Waals surface area contributed by atoms with Crippen LogP contribution in [0.2, 0.25) is 0 Å². The van der Waals surface area contributed by atoms with Gasteiger partial charge in [0, 0.05) is 42.6 Å². The van der Waals surface area contributed by atoms with Gasteiger partial charge in [0.2, 0.25) is 0 Å². The summed E-state index contributed by atoms with van der Waals surface area (Å²) in [5.41, 5.74) is 2.04. The maximum absolute atomic E-state index is 16.6. The predicted molar refractivity (Wildman–Crippen MR) is 149 cm³/mol. The predicted octanol–water partition coefficient (Wildman–Crippen LogP) is 5.31. The van der Waals surface area contributed by atoms with Crippen molar-refractivity contribution in [2.75, 3.05) is 43.4 Å². The fraction of sp³-hybridized carbons (Fsp3) is 0.464. The van der Waals surface area contributed by atoms with E-state index < -0.39 is 52.3 Å². The van der Waals surface area contributed by atoms with Crippen molar-refractivity contribution < 1.29 is 36.2 Å². The van der Waals surface area contributed by atoms with E-state index in [1.165, 1.54) is 0 Å². The van der Waals surface area contributed by atoms with E-state index in [4.69, 9.17) is 10.5 Å². The Morgan fingerprint density at radius 3 is 2.67 bits per heavy atom. The number of rotatable bonds is 5. The van der Waals surface area contributed by atoms with E-state index in [2.05, 4.69) is 15.0 Å². The molecular weight excluding hydrogens is 598 g/mol. The first-order valence-corrected chi connectivity index (χ1v) is 14.7. The van der Waals surface area contributed by atoms with Gasteiger partial charge in [-0.15, -0.1) is 0 Å². The lowest BCUT2D eigenvalue weighted by molar-refractivity contribution is -0.137. The van der Waals surface area contributed by atoms with Gasteiger partial charge in [0.05, 0.1) is 27.4 Å². The van der Waals surface area contributed by atoms with Gasteiger partial charge in [-0.25, -0.2) is 18.2 Å². The maximum atomic E-state index is 16.6. The van der Waals surface area contributed by atoms with E-state index in [1.54, 1.807) is 4.90 Å². The minimum Gasteiger partial charge on any atom is -0.461 e. The van der Waals surface area contributed by atoms with Gasteiger partial charge in [-0.05, 0) is 44.0 Å². The van der Waals surface area contributed by atoms with Gasteiger partial charge in [0.1, 0.15) is 29.9 Å². The molecule has 3 atom stereocenters. The van der Waals surface area contributed by atoms with Crippen molar-refractivity contribution in [3.63, 3.8) is 0 Å². The molecule has 0 bridgehead atoms. The number of nitrogens with zero attached hydrogens (tertiary/aromatic N) is 5. The van der Waals surface area contributed by atoms with Gasteiger partial charge in [-0.1, -0.05) is 11.3 Å². The molecule has 0 saturated carbocycles. The Bertz CT molecular complexity index is 1750. The number of thiazole rings is 1. The largest absolute Gasteiger partial charge is 0.461 e. The Kier molecular flexibility index (Phi) is 6.63. The molecule has 3 aliphatic rings. The van der Waals surface area contributed by atoms with Gasteiger partial charge in [0.15, 0.2) is 10.9 Å². The molecule has 4 aromatic rings. The summed E-state index contributed by atoms with van der Waals surface area (Å²) in [6.45, 7) is 1.34. The number of benzene rings is 2. The van der Waals surface area contributed by atoms with Crippen LogP contribution in [0.3, 0.4) is 0 Å². The maximum Gasteiger partial charge on any atom is 0.417 e. The van der Waals surface area contributed by atoms with E-state index in [0.717, 1.165) is 36.0 Å². The van der Waals surface area contributed by atoms with Crippen LogP contribution in [-0.2, 0) is 6.18 Å². The highest BCUT2D eigenvalue weighted by Crippen LogP contribution is 2.46. The van der Waals surface area contributed by atoms with Gasteiger partial charge < -0.3 is 20.5 Å². The molecule has 5 heterocycles. The molecule has 3 N–H and O–H groups in total. The minimum atomic E-state index is -5.03. The van der Waals surface area contributed by atoms with Crippen LogP contribution in [0, 0.1) is 11.6 Å². The topological polar surface area (TPSA) is 101 Å². The monoisotopic (exact) mass is 624 g/mol. The number of aliphatic hydroxyl groups excluding tert-OH is 1. The second kappa shape index (κ2) is 10.1. The molecule has 0 spiro atoms. The van der Waals surface area contributed by atoms with Crippen LogP contribution in [0.5, 0.6) is 6.01 Å². The summed E-state index contributed by atoms with van der Waals surface area (Å²) in [6, 6.07) is 2.47. The number of anilines is 2. The van der Waals surface area contributed by atoms with Crippen molar-refractivity contribution in [2.24, 2.45) is 0 Å². The quantitative estimate of drug-likeness (QED) is 0.288. The van der Waals surface area contributed by atoms with Gasteiger partial charge in [-0.2, -0.15) is 23.1 Å². The van der Waals surface area contributed by atoms with Crippen molar-refractivity contribution in [1.82, 2.24) is 19.9 Å². The number of nitrogens with two attached hydrogens (primary N) is 1. The molecule has 15 heteroatoms. The summed E-state index contributed by atoms with van der Waals surface area (Å²) in [4.78, 5) is 16.2. The van der Waals surface area contributed by atoms with Crippen molar-refractivity contribution in [3.8, 4) is 17.1 Å². The molecular formula is C28H26F6N6O2S. The number of aliphatic hydroxyl groups is 1. The number of hydrogen-bond donors (Lipinski definition) is 2. The van der Waals surface area contributed by atoms with Crippen LogP contribution in [-0.4, -0.2) is 75.6 Å². The summed E-state index contributed by atoms with van der Waals surface area (Å²) in [6.07, 6.45) is -4.65. The molecule has 2 aromatic heterocycles. The van der Waals surface area contributed by atoms with Crippen LogP contribution in [0.4, 0.5) is 37.3 Å². The Balaban J connectivity index is 1.43. The Labute approximate surface area is 245 Å². The van der Waals surface area contributed by atoms with Crippen LogP contribution < -0.4 is 15.4 Å². The lowest BCUT2D eigenvalue weighted by Crippen LogP contribution is -2.43. The Morgan fingerprint density at radius 1 is 1.12 bits per heavy atom. The molecule has 7 rings (SSSR count). The summed E-state index contributed by atoms with van der Waals surface area (Å²) in [5, 5.41) is 9.86. The molecule has 0 aliphatic carbocycles. The average molecular weight is 625 g/mol. The second-order valence-corrected chi connectivity index (χ2v) is 12.4. The molecule has 3 saturated heterocycles. The number of alkyl halides is 4. The molecule has 8 nitrogen and oxygen atoms in total. The van der Waals surface area contributed by atoms with E-state index in [0.29, 0.717) is 19.4 Å². The molecule has 43 heavy (non-hydrogen) atoms. The third-order valence-corrected chi connectivity index (χ3v) is 9.56. The zero-order valence-corrected chi connectivity index (χ0v) is 23.4. The first-order chi connectivity index (χ1) is 20.4. The van der Waals surface area contributed by atoms with E-state index in [1.807, 2.05) is 4.90 Å². The molecule has 228 valence electrons. The van der Waals surface area contributed by atoms with Crippen molar-refractivity contribution in [3.05, 3.63) is 35.4 Å². The fourth-order valence-electron chi connectivity index (χ4n) is 6.76. The lowest BCUT2D eigenvalue weighted by Gasteiger charge is -2.31. The highest BCUT2D eigenvalue weighted by molar-refractivity contribution is 7.22. The molecule has 2 aromatic carbocycles. The van der Waals surface area contributed by atoms with E-state index in [-0.39, 0.29) is 70.8 Å². The summed E-state index contributed by atoms with van der Waals surface area (Å²) >= 11 is 0.739. The molecule has 0 radical (unpaired) electrons. The van der Waals surface area contributed by atoms with Crippen molar-refractivity contribution in [1.29, 1.82) is 0 Å². The number of β-amino-alcohol motifs (C(OH)–C–C–N with tert-alkyl or cyclic N) is 1. The zero-order chi connectivity index (χ0) is 30.3. The molecule has 0 unspecified atom stereocenters. The smallest absolute Gasteiger partial charge is 0.417 e. The number of halogens is 6. The van der Waals surface area contributed by atoms with Gasteiger partial charge >= 0.3 is 12.2 Å². The molecule has 3 fully saturated rings. The summed E-state index contributed by atoms with van der Waals surface area (Å²) < 4.78 is 95.1. The molecule has 3 aliphatic heterocycles. The van der Waals surface area contributed by atoms with Crippen molar-refractivity contribution >= 4 is 43.4 Å². The minimum absolute atomic E-state index is 0.0206. The number of ether oxygens (including phenoxy) is 1. The highest BCUT2D eigenvalue weighted by atomic mass is 32.1. The fourth-order valence-corrected chi connectivity index (χ4v) is 7.52. The summed E-state index contributed by atoms with van der Waals surface area (Å²) in [7, 11) is 0. The normalized spacial score (nSPS) is 24.5. The highest BCUT2D eigenvalue weighted by Gasteiger charge is 2.49. The van der Waals surface area contributed by atoms with E-state index >= 15 is 4.39 Å². The standard InChI is InChI=1S/C28H26F6N6O2S/c29-13-9-27(5-1-6-40(27)10-13)12-42-26-37-21-16(24(38-26)39-7-4-14(41)11-39)8-17(28(32,33)34)19(20(21)31)15-2-3-18(30)23-22(15)36-25(35)43-23/h2-3,8,13-14,41H,1,4-7,9-12H2,(H2,35,36)/t13-,14-,27+/m1/s1. The van der Waals surface area contributed by atoms with Crippen LogP contribution in [0.15, 0.2) is 18.2 Å². The average Bonchev–Trinajstić information content (AvgIpc) is 3.71. The first kappa shape index (κ1) is 28.3. The third kappa shape index (κ3) is 4.72. The lowest BCUT2D eigenvalue weighted by atomic mass is 9.95. The molecule has 0 amide bonds. The van der Waals surface area contributed by atoms with E-state index in [9.17, 15) is 27.1 Å². The number of aromatic nitrogens is 3. The number of fused-ring (bicyclic) bond motifs is 3. The summed E-state index contributed by atoms with van der Waals surface area (Å²) in [5.74, 6) is -2.09. The SMILES string of the molecule is Nc1nc2c(-c3c(C(F)(F)F)cc4c(N5CC[C@@H](O)C5)nc(OC[C@@]56CCCN5C[C@H](F)C6)nc4c3F)ccc(F)c2s1. The van der Waals surface area contributed by atoms with Gasteiger partial charge in [0.25, 0.3) is 0 Å². The van der Waals surface area contributed by atoms with Gasteiger partial charge in [-0.3, -0.25) is 4.90 Å². The third-order valence-electron chi connectivity index (χ3n) is 8.67. The van der Waals surface area contributed by atoms with Crippen LogP contribution in [0.25, 0.3) is 32.2 Å². The van der Waals surface area contributed by atoms with Crippen LogP contribution >= 0.6 is 11.3 Å². The Hall–Kier alpha value is -3.43. The van der Waals surface area contributed by atoms with Crippen LogP contribution in [0.1, 0.15) is 31.2 Å². The van der Waals surface area contributed by atoms with Crippen molar-refractivity contribution in [2.45, 2.75) is 49.7 Å². The first-order valence-electron chi connectivity index (χ1n) is 13.8. The zero-order valence-electron chi connectivity index (χ0n) is 22.6. The second-order valence-electron chi connectivity index (χ2n) is 11.4. The Morgan fingerprint density at radius 2 is 1.93 bits per heavy atom. The number of hydrogen-bond acceptors (Lipinski definition) is 9.